The van der Waals surface area contributed by atoms with E-state index >= 15 is 0 Å². The summed E-state index contributed by atoms with van der Waals surface area (Å²) in [5.41, 5.74) is 1.25. The van der Waals surface area contributed by atoms with Crippen molar-refractivity contribution in [1.29, 1.82) is 0 Å². The summed E-state index contributed by atoms with van der Waals surface area (Å²) in [7, 11) is 0. The molecule has 1 heterocycles. The number of aryl methyl sites for hydroxylation is 1. The molecule has 1 aromatic heterocycles. The van der Waals surface area contributed by atoms with E-state index in [1.54, 1.807) is 12.3 Å². The molecule has 0 radical (unpaired) electrons. The van der Waals surface area contributed by atoms with Crippen LogP contribution in [-0.2, 0) is 6.42 Å². The fraction of sp³-hybridized carbons (Fsp3) is 0.400. The molecule has 176 valence electrons. The number of ether oxygens (including phenoxy) is 2. The molecule has 2 aromatic carbocycles. The molecule has 0 aliphatic carbocycles. The summed E-state index contributed by atoms with van der Waals surface area (Å²) < 4.78 is 14.8. The van der Waals surface area contributed by atoms with Crippen LogP contribution >= 0.6 is 31.9 Å². The molecule has 6 nitrogen and oxygen atoms in total. The average Bonchev–Trinajstić information content (AvgIpc) is 2.73. The molecule has 0 spiro atoms. The lowest BCUT2D eigenvalue weighted by Gasteiger charge is -2.21. The van der Waals surface area contributed by atoms with Gasteiger partial charge in [-0.15, -0.1) is 0 Å². The predicted octanol–water partition coefficient (Wildman–Crippen LogP) is 6.58. The molecule has 0 N–H and O–H groups in total. The Labute approximate surface area is 211 Å². The van der Waals surface area contributed by atoms with Gasteiger partial charge in [0.25, 0.3) is 5.56 Å². The Balaban J connectivity index is 2.04. The van der Waals surface area contributed by atoms with Crippen LogP contribution in [0.25, 0.3) is 10.9 Å². The summed E-state index contributed by atoms with van der Waals surface area (Å²) in [5, 5.41) is 5.03. The van der Waals surface area contributed by atoms with Crippen LogP contribution in [0.3, 0.4) is 0 Å². The van der Waals surface area contributed by atoms with E-state index in [4.69, 9.17) is 9.47 Å². The largest absolute Gasteiger partial charge is 0.490 e. The summed E-state index contributed by atoms with van der Waals surface area (Å²) in [6.45, 7) is 11.4. The van der Waals surface area contributed by atoms with Crippen molar-refractivity contribution in [1.82, 2.24) is 9.66 Å². The number of benzene rings is 2. The zero-order valence-electron chi connectivity index (χ0n) is 19.6. The van der Waals surface area contributed by atoms with Gasteiger partial charge in [0.2, 0.25) is 0 Å². The van der Waals surface area contributed by atoms with Crippen LogP contribution in [-0.4, -0.2) is 29.1 Å². The Morgan fingerprint density at radius 2 is 1.88 bits per heavy atom. The maximum atomic E-state index is 13.2. The van der Waals surface area contributed by atoms with E-state index in [1.807, 2.05) is 38.1 Å². The Bertz CT molecular complexity index is 1230. The van der Waals surface area contributed by atoms with Gasteiger partial charge in [-0.25, -0.2) is 4.98 Å². The van der Waals surface area contributed by atoms with Crippen molar-refractivity contribution < 1.29 is 9.47 Å². The third-order valence-corrected chi connectivity index (χ3v) is 5.73. The molecule has 0 atom stereocenters. The summed E-state index contributed by atoms with van der Waals surface area (Å²) >= 11 is 7.04. The molecule has 0 saturated heterocycles. The Hall–Kier alpha value is -2.19. The highest BCUT2D eigenvalue weighted by molar-refractivity contribution is 9.10. The summed E-state index contributed by atoms with van der Waals surface area (Å²) in [6, 6.07) is 9.27. The molecule has 33 heavy (non-hydrogen) atoms. The third-order valence-electron chi connectivity index (χ3n) is 4.65. The first kappa shape index (κ1) is 25.4. The lowest BCUT2D eigenvalue weighted by atomic mass is 9.99. The number of halogens is 2. The van der Waals surface area contributed by atoms with Crippen molar-refractivity contribution in [3.05, 3.63) is 61.0 Å². The van der Waals surface area contributed by atoms with Gasteiger partial charge in [-0.1, -0.05) is 43.6 Å². The molecule has 0 aliphatic heterocycles. The quantitative estimate of drug-likeness (QED) is 0.283. The summed E-state index contributed by atoms with van der Waals surface area (Å²) in [4.78, 5) is 17.9. The van der Waals surface area contributed by atoms with E-state index in [0.717, 1.165) is 20.9 Å². The van der Waals surface area contributed by atoms with Crippen molar-refractivity contribution >= 4 is 49.0 Å². The average molecular weight is 579 g/mol. The van der Waals surface area contributed by atoms with Gasteiger partial charge in [0, 0.05) is 10.9 Å². The second-order valence-corrected chi connectivity index (χ2v) is 10.7. The van der Waals surface area contributed by atoms with Gasteiger partial charge in [0.05, 0.1) is 34.8 Å². The minimum Gasteiger partial charge on any atom is -0.490 e. The van der Waals surface area contributed by atoms with E-state index in [9.17, 15) is 4.79 Å². The van der Waals surface area contributed by atoms with E-state index < -0.39 is 0 Å². The minimum absolute atomic E-state index is 0.0119. The first-order valence-electron chi connectivity index (χ1n) is 11.0. The van der Waals surface area contributed by atoms with Crippen molar-refractivity contribution in [3.8, 4) is 11.5 Å². The molecule has 0 bridgehead atoms. The number of rotatable bonds is 8. The van der Waals surface area contributed by atoms with Gasteiger partial charge >= 0.3 is 0 Å². The molecule has 8 heteroatoms. The summed E-state index contributed by atoms with van der Waals surface area (Å²) in [5.74, 6) is 1.91. The lowest BCUT2D eigenvalue weighted by Crippen LogP contribution is -2.22. The molecular weight excluding hydrogens is 550 g/mol. The highest BCUT2D eigenvalue weighted by Crippen LogP contribution is 2.37. The number of fused-ring (bicyclic) bond motifs is 1. The number of nitrogens with zero attached hydrogens (tertiary/aromatic N) is 3. The third kappa shape index (κ3) is 6.44. The molecular formula is C25H29Br2N3O3. The van der Waals surface area contributed by atoms with E-state index in [-0.39, 0.29) is 11.0 Å². The minimum atomic E-state index is -0.199. The molecule has 3 rings (SSSR count). The molecule has 0 amide bonds. The molecule has 0 aliphatic rings. The smallest absolute Gasteiger partial charge is 0.282 e. The van der Waals surface area contributed by atoms with Crippen molar-refractivity contribution in [2.24, 2.45) is 10.5 Å². The van der Waals surface area contributed by atoms with Crippen LogP contribution in [0, 0.1) is 5.41 Å². The van der Waals surface area contributed by atoms with Crippen LogP contribution in [0.4, 0.5) is 0 Å². The SMILES string of the molecule is CCCc1nc2ccc(Br)cc2c(=O)n1N=Cc1cc(Br)c(OCC(C)(C)C)c(OCC)c1. The number of aromatic nitrogens is 2. The number of hydrogen-bond donors (Lipinski definition) is 0. The Morgan fingerprint density at radius 3 is 2.55 bits per heavy atom. The van der Waals surface area contributed by atoms with Crippen LogP contribution in [0.2, 0.25) is 0 Å². The van der Waals surface area contributed by atoms with Gasteiger partial charge in [0.15, 0.2) is 11.5 Å². The first-order valence-corrected chi connectivity index (χ1v) is 12.6. The van der Waals surface area contributed by atoms with Crippen LogP contribution in [0.5, 0.6) is 11.5 Å². The molecule has 0 unspecified atom stereocenters. The first-order chi connectivity index (χ1) is 15.6. The van der Waals surface area contributed by atoms with Crippen molar-refractivity contribution in [3.63, 3.8) is 0 Å². The lowest BCUT2D eigenvalue weighted by molar-refractivity contribution is 0.187. The van der Waals surface area contributed by atoms with Crippen molar-refractivity contribution in [2.75, 3.05) is 13.2 Å². The molecule has 0 saturated carbocycles. The monoisotopic (exact) mass is 577 g/mol. The topological polar surface area (TPSA) is 65.7 Å². The van der Waals surface area contributed by atoms with Crippen LogP contribution in [0.15, 0.2) is 49.2 Å². The summed E-state index contributed by atoms with van der Waals surface area (Å²) in [6.07, 6.45) is 3.14. The maximum Gasteiger partial charge on any atom is 0.282 e. The second kappa shape index (κ2) is 10.8. The van der Waals surface area contributed by atoms with Gasteiger partial charge in [-0.3, -0.25) is 4.79 Å². The van der Waals surface area contributed by atoms with Crippen molar-refractivity contribution in [2.45, 2.75) is 47.5 Å². The highest BCUT2D eigenvalue weighted by atomic mass is 79.9. The fourth-order valence-electron chi connectivity index (χ4n) is 3.18. The predicted molar refractivity (Wildman–Crippen MR) is 141 cm³/mol. The van der Waals surface area contributed by atoms with E-state index in [2.05, 4.69) is 62.7 Å². The second-order valence-electron chi connectivity index (χ2n) is 8.91. The Kier molecular flexibility index (Phi) is 8.34. The van der Waals surface area contributed by atoms with Gasteiger partial charge in [0.1, 0.15) is 5.82 Å². The van der Waals surface area contributed by atoms with E-state index in [0.29, 0.717) is 47.9 Å². The van der Waals surface area contributed by atoms with Crippen LogP contribution < -0.4 is 15.0 Å². The maximum absolute atomic E-state index is 13.2. The Morgan fingerprint density at radius 1 is 1.12 bits per heavy atom. The zero-order chi connectivity index (χ0) is 24.2. The van der Waals surface area contributed by atoms with Crippen LogP contribution in [0.1, 0.15) is 52.4 Å². The number of hydrogen-bond acceptors (Lipinski definition) is 5. The van der Waals surface area contributed by atoms with E-state index in [1.165, 1.54) is 4.68 Å². The van der Waals surface area contributed by atoms with Gasteiger partial charge in [-0.2, -0.15) is 9.78 Å². The standard InChI is InChI=1S/C25H29Br2N3O3/c1-6-8-22-29-20-10-9-17(26)13-18(20)24(31)30(22)28-14-16-11-19(27)23(21(12-16)32-7-2)33-15-25(3,4)5/h9-14H,6-8,15H2,1-5H3. The highest BCUT2D eigenvalue weighted by Gasteiger charge is 2.17. The molecule has 0 fully saturated rings. The normalized spacial score (nSPS) is 12.0. The zero-order valence-corrected chi connectivity index (χ0v) is 22.8. The van der Waals surface area contributed by atoms with Gasteiger partial charge in [-0.05, 0) is 70.6 Å². The molecule has 3 aromatic rings. The van der Waals surface area contributed by atoms with Gasteiger partial charge < -0.3 is 9.47 Å². The fourth-order valence-corrected chi connectivity index (χ4v) is 4.11.